The summed E-state index contributed by atoms with van der Waals surface area (Å²) in [6.07, 6.45) is 1.81. The normalized spacial score (nSPS) is 17.5. The van der Waals surface area contributed by atoms with Crippen LogP contribution in [0, 0.1) is 5.92 Å². The highest BCUT2D eigenvalue weighted by atomic mass is 16.5. The lowest BCUT2D eigenvalue weighted by Gasteiger charge is -2.25. The molecule has 4 heteroatoms. The second-order valence-electron chi connectivity index (χ2n) is 6.19. The summed E-state index contributed by atoms with van der Waals surface area (Å²) in [7, 11) is 0. The molecule has 2 rings (SSSR count). The standard InChI is InChI=1S/C17H26N2O2/c1-4-21-11-15(12(2)3)19-16(20)17(9-10-17)13-5-7-14(18)8-6-13/h5-8,12,15H,4,9-11,18H2,1-3H3,(H,19,20). The van der Waals surface area contributed by atoms with E-state index in [1.54, 1.807) is 0 Å². The Balaban J connectivity index is 2.06. The first-order valence-electron chi connectivity index (χ1n) is 7.74. The molecule has 1 aliphatic rings. The van der Waals surface area contributed by atoms with Gasteiger partial charge in [0.25, 0.3) is 0 Å². The monoisotopic (exact) mass is 290 g/mol. The van der Waals surface area contributed by atoms with E-state index >= 15 is 0 Å². The van der Waals surface area contributed by atoms with Crippen LogP contribution < -0.4 is 11.1 Å². The van der Waals surface area contributed by atoms with Crippen LogP contribution in [-0.2, 0) is 14.9 Å². The summed E-state index contributed by atoms with van der Waals surface area (Å²) in [5.74, 6) is 0.466. The zero-order valence-corrected chi connectivity index (χ0v) is 13.2. The quantitative estimate of drug-likeness (QED) is 0.758. The topological polar surface area (TPSA) is 64.3 Å². The molecular weight excluding hydrogens is 264 g/mol. The van der Waals surface area contributed by atoms with E-state index < -0.39 is 0 Å². The smallest absolute Gasteiger partial charge is 0.230 e. The fourth-order valence-corrected chi connectivity index (χ4v) is 2.53. The molecule has 0 heterocycles. The number of carbonyl (C=O) groups excluding carboxylic acids is 1. The van der Waals surface area contributed by atoms with E-state index in [1.165, 1.54) is 0 Å². The van der Waals surface area contributed by atoms with Gasteiger partial charge in [0.05, 0.1) is 18.1 Å². The number of rotatable bonds is 7. The predicted molar refractivity (Wildman–Crippen MR) is 85.0 cm³/mol. The lowest BCUT2D eigenvalue weighted by Crippen LogP contribution is -2.46. The summed E-state index contributed by atoms with van der Waals surface area (Å²) in [5, 5.41) is 3.17. The van der Waals surface area contributed by atoms with E-state index in [-0.39, 0.29) is 17.4 Å². The highest BCUT2D eigenvalue weighted by Gasteiger charge is 2.51. The minimum atomic E-state index is -0.354. The molecule has 1 fully saturated rings. The molecule has 0 aliphatic heterocycles. The SMILES string of the molecule is CCOCC(NC(=O)C1(c2ccc(N)cc2)CC1)C(C)C. The number of hydrogen-bond donors (Lipinski definition) is 2. The molecule has 0 spiro atoms. The van der Waals surface area contributed by atoms with Crippen molar-refractivity contribution in [1.29, 1.82) is 0 Å². The van der Waals surface area contributed by atoms with Gasteiger partial charge in [0.15, 0.2) is 0 Å². The molecule has 0 bridgehead atoms. The van der Waals surface area contributed by atoms with Crippen molar-refractivity contribution < 1.29 is 9.53 Å². The van der Waals surface area contributed by atoms with Crippen molar-refractivity contribution in [3.8, 4) is 0 Å². The van der Waals surface area contributed by atoms with Crippen LogP contribution in [0.1, 0.15) is 39.2 Å². The van der Waals surface area contributed by atoms with Gasteiger partial charge in [-0.05, 0) is 43.4 Å². The number of nitrogen functional groups attached to an aromatic ring is 1. The minimum absolute atomic E-state index is 0.0590. The number of ether oxygens (including phenoxy) is 1. The maximum atomic E-state index is 12.7. The van der Waals surface area contributed by atoms with Gasteiger partial charge in [-0.2, -0.15) is 0 Å². The molecule has 21 heavy (non-hydrogen) atoms. The fraction of sp³-hybridized carbons (Fsp3) is 0.588. The number of amides is 1. The maximum absolute atomic E-state index is 12.7. The number of nitrogens with one attached hydrogen (secondary N) is 1. The minimum Gasteiger partial charge on any atom is -0.399 e. The van der Waals surface area contributed by atoms with Crippen LogP contribution in [-0.4, -0.2) is 25.2 Å². The average molecular weight is 290 g/mol. The first-order chi connectivity index (χ1) is 9.99. The molecule has 1 atom stereocenters. The number of benzene rings is 1. The molecule has 0 aromatic heterocycles. The van der Waals surface area contributed by atoms with Crippen LogP contribution in [0.5, 0.6) is 0 Å². The average Bonchev–Trinajstić information content (AvgIpc) is 3.25. The summed E-state index contributed by atoms with van der Waals surface area (Å²) in [4.78, 5) is 12.7. The van der Waals surface area contributed by atoms with Gasteiger partial charge in [-0.3, -0.25) is 4.79 Å². The Labute approximate surface area is 127 Å². The summed E-state index contributed by atoms with van der Waals surface area (Å²) >= 11 is 0. The molecule has 1 unspecified atom stereocenters. The van der Waals surface area contributed by atoms with Crippen molar-refractivity contribution in [3.63, 3.8) is 0 Å². The summed E-state index contributed by atoms with van der Waals surface area (Å²) in [5.41, 5.74) is 7.16. The number of nitrogens with two attached hydrogens (primary N) is 1. The van der Waals surface area contributed by atoms with Crippen molar-refractivity contribution in [3.05, 3.63) is 29.8 Å². The largest absolute Gasteiger partial charge is 0.399 e. The molecular formula is C17H26N2O2. The third-order valence-corrected chi connectivity index (χ3v) is 4.27. The van der Waals surface area contributed by atoms with Gasteiger partial charge in [-0.15, -0.1) is 0 Å². The Bertz CT molecular complexity index is 478. The Hall–Kier alpha value is -1.55. The van der Waals surface area contributed by atoms with Gasteiger partial charge in [-0.25, -0.2) is 0 Å². The van der Waals surface area contributed by atoms with Gasteiger partial charge < -0.3 is 15.8 Å². The van der Waals surface area contributed by atoms with E-state index in [0.29, 0.717) is 19.1 Å². The Morgan fingerprint density at radius 2 is 1.95 bits per heavy atom. The predicted octanol–water partition coefficient (Wildman–Crippen LogP) is 2.48. The first-order valence-corrected chi connectivity index (χ1v) is 7.74. The second-order valence-corrected chi connectivity index (χ2v) is 6.19. The number of carbonyl (C=O) groups is 1. The first kappa shape index (κ1) is 15.8. The number of hydrogen-bond acceptors (Lipinski definition) is 3. The van der Waals surface area contributed by atoms with Crippen molar-refractivity contribution >= 4 is 11.6 Å². The molecule has 1 aliphatic carbocycles. The maximum Gasteiger partial charge on any atom is 0.230 e. The molecule has 0 radical (unpaired) electrons. The Morgan fingerprint density at radius 3 is 2.43 bits per heavy atom. The highest BCUT2D eigenvalue weighted by molar-refractivity contribution is 5.91. The fourth-order valence-electron chi connectivity index (χ4n) is 2.53. The molecule has 0 saturated heterocycles. The van der Waals surface area contributed by atoms with Crippen molar-refractivity contribution in [2.75, 3.05) is 18.9 Å². The van der Waals surface area contributed by atoms with Gasteiger partial charge in [0, 0.05) is 12.3 Å². The molecule has 1 amide bonds. The van der Waals surface area contributed by atoms with E-state index in [2.05, 4.69) is 19.2 Å². The molecule has 1 aromatic carbocycles. The van der Waals surface area contributed by atoms with Gasteiger partial charge in [0.1, 0.15) is 0 Å². The van der Waals surface area contributed by atoms with Gasteiger partial charge in [-0.1, -0.05) is 26.0 Å². The second kappa shape index (κ2) is 6.48. The van der Waals surface area contributed by atoms with E-state index in [0.717, 1.165) is 24.1 Å². The van der Waals surface area contributed by atoms with E-state index in [1.807, 2.05) is 31.2 Å². The molecule has 1 aromatic rings. The van der Waals surface area contributed by atoms with Crippen LogP contribution in [0.4, 0.5) is 5.69 Å². The summed E-state index contributed by atoms with van der Waals surface area (Å²) in [6, 6.07) is 7.72. The van der Waals surface area contributed by atoms with Crippen LogP contribution >= 0.6 is 0 Å². The Kier molecular flexibility index (Phi) is 4.88. The summed E-state index contributed by atoms with van der Waals surface area (Å²) < 4.78 is 5.48. The van der Waals surface area contributed by atoms with E-state index in [9.17, 15) is 4.79 Å². The van der Waals surface area contributed by atoms with E-state index in [4.69, 9.17) is 10.5 Å². The zero-order chi connectivity index (χ0) is 15.5. The van der Waals surface area contributed by atoms with Gasteiger partial charge >= 0.3 is 0 Å². The highest BCUT2D eigenvalue weighted by Crippen LogP contribution is 2.48. The third kappa shape index (κ3) is 3.56. The van der Waals surface area contributed by atoms with Crippen LogP contribution in [0.25, 0.3) is 0 Å². The molecule has 4 nitrogen and oxygen atoms in total. The molecule has 1 saturated carbocycles. The lowest BCUT2D eigenvalue weighted by atomic mass is 9.93. The molecule has 3 N–H and O–H groups in total. The van der Waals surface area contributed by atoms with Crippen molar-refractivity contribution in [2.45, 2.75) is 45.1 Å². The third-order valence-electron chi connectivity index (χ3n) is 4.27. The van der Waals surface area contributed by atoms with Crippen LogP contribution in [0.15, 0.2) is 24.3 Å². The summed E-state index contributed by atoms with van der Waals surface area (Å²) in [6.45, 7) is 7.41. The molecule has 116 valence electrons. The zero-order valence-electron chi connectivity index (χ0n) is 13.2. The van der Waals surface area contributed by atoms with Gasteiger partial charge in [0.2, 0.25) is 5.91 Å². The lowest BCUT2D eigenvalue weighted by molar-refractivity contribution is -0.125. The van der Waals surface area contributed by atoms with Crippen LogP contribution in [0.2, 0.25) is 0 Å². The number of anilines is 1. The van der Waals surface area contributed by atoms with Crippen LogP contribution in [0.3, 0.4) is 0 Å². The Morgan fingerprint density at radius 1 is 1.33 bits per heavy atom. The van der Waals surface area contributed by atoms with Crippen molar-refractivity contribution in [2.24, 2.45) is 5.92 Å². The van der Waals surface area contributed by atoms with Crippen molar-refractivity contribution in [1.82, 2.24) is 5.32 Å².